The van der Waals surface area contributed by atoms with Crippen LogP contribution in [0.4, 0.5) is 0 Å². The van der Waals surface area contributed by atoms with E-state index in [2.05, 4.69) is 9.97 Å². The van der Waals surface area contributed by atoms with Crippen LogP contribution in [0.15, 0.2) is 48.9 Å². The lowest BCUT2D eigenvalue weighted by Gasteiger charge is -2.12. The summed E-state index contributed by atoms with van der Waals surface area (Å²) in [6.45, 7) is 0. The zero-order valence-electron chi connectivity index (χ0n) is 12.4. The van der Waals surface area contributed by atoms with Crippen LogP contribution in [0.3, 0.4) is 0 Å². The van der Waals surface area contributed by atoms with Crippen molar-refractivity contribution >= 4 is 28.7 Å². The Morgan fingerprint density at radius 1 is 1.12 bits per heavy atom. The summed E-state index contributed by atoms with van der Waals surface area (Å²) in [6.07, 6.45) is 4.87. The summed E-state index contributed by atoms with van der Waals surface area (Å²) in [5.74, 6) is -1.96. The van der Waals surface area contributed by atoms with Crippen LogP contribution in [0.1, 0.15) is 26.3 Å². The molecule has 0 aliphatic carbocycles. The molecule has 2 amide bonds. The van der Waals surface area contributed by atoms with Crippen LogP contribution in [-0.4, -0.2) is 32.8 Å². The van der Waals surface area contributed by atoms with Gasteiger partial charge in [-0.05, 0) is 23.8 Å². The highest BCUT2D eigenvalue weighted by Crippen LogP contribution is 2.23. The number of fused-ring (bicyclic) bond motifs is 2. The lowest BCUT2D eigenvalue weighted by molar-refractivity contribution is -0.167. The molecule has 7 nitrogen and oxygen atoms in total. The van der Waals surface area contributed by atoms with Crippen LogP contribution in [0.25, 0.3) is 10.9 Å². The van der Waals surface area contributed by atoms with Crippen LogP contribution >= 0.6 is 0 Å². The van der Waals surface area contributed by atoms with E-state index in [1.165, 1.54) is 12.1 Å². The summed E-state index contributed by atoms with van der Waals surface area (Å²) in [6, 6.07) is 8.12. The van der Waals surface area contributed by atoms with Gasteiger partial charge in [-0.2, -0.15) is 0 Å². The highest BCUT2D eigenvalue weighted by atomic mass is 16.7. The maximum absolute atomic E-state index is 12.2. The molecule has 2 aromatic heterocycles. The number of rotatable bonds is 3. The number of hydrogen-bond acceptors (Lipinski definition) is 5. The first-order valence-electron chi connectivity index (χ1n) is 7.24. The van der Waals surface area contributed by atoms with E-state index in [-0.39, 0.29) is 17.5 Å². The first kappa shape index (κ1) is 14.1. The Kier molecular flexibility index (Phi) is 3.13. The molecule has 3 aromatic rings. The average molecular weight is 321 g/mol. The molecule has 0 atom stereocenters. The van der Waals surface area contributed by atoms with E-state index >= 15 is 0 Å². The largest absolute Gasteiger partial charge is 0.360 e. The fourth-order valence-corrected chi connectivity index (χ4v) is 2.72. The lowest BCUT2D eigenvalue weighted by Crippen LogP contribution is -2.33. The molecule has 7 heteroatoms. The summed E-state index contributed by atoms with van der Waals surface area (Å²) >= 11 is 0. The van der Waals surface area contributed by atoms with Crippen molar-refractivity contribution in [1.82, 2.24) is 15.0 Å². The Hall–Kier alpha value is -3.48. The average Bonchev–Trinajstić information content (AvgIpc) is 3.11. The van der Waals surface area contributed by atoms with Crippen molar-refractivity contribution in [3.05, 3.63) is 65.6 Å². The number of amides is 2. The third-order valence-corrected chi connectivity index (χ3v) is 3.85. The lowest BCUT2D eigenvalue weighted by atomic mass is 10.1. The Bertz CT molecular complexity index is 957. The van der Waals surface area contributed by atoms with Crippen molar-refractivity contribution < 1.29 is 19.2 Å². The normalized spacial score (nSPS) is 13.4. The summed E-state index contributed by atoms with van der Waals surface area (Å²) in [7, 11) is 0. The van der Waals surface area contributed by atoms with Crippen molar-refractivity contribution in [2.75, 3.05) is 0 Å². The van der Waals surface area contributed by atoms with E-state index in [9.17, 15) is 14.4 Å². The Morgan fingerprint density at radius 2 is 1.83 bits per heavy atom. The van der Waals surface area contributed by atoms with Crippen LogP contribution in [0.5, 0.6) is 0 Å². The molecule has 118 valence electrons. The molecular weight excluding hydrogens is 310 g/mol. The van der Waals surface area contributed by atoms with E-state index in [1.54, 1.807) is 36.8 Å². The van der Waals surface area contributed by atoms with Gasteiger partial charge in [0.15, 0.2) is 0 Å². The molecule has 24 heavy (non-hydrogen) atoms. The second kappa shape index (κ2) is 5.31. The van der Waals surface area contributed by atoms with Crippen molar-refractivity contribution in [3.63, 3.8) is 0 Å². The fraction of sp³-hybridized carbons (Fsp3) is 0.0588. The Morgan fingerprint density at radius 3 is 2.54 bits per heavy atom. The van der Waals surface area contributed by atoms with Gasteiger partial charge in [0, 0.05) is 17.8 Å². The molecule has 0 spiro atoms. The first-order chi connectivity index (χ1) is 11.6. The van der Waals surface area contributed by atoms with Crippen LogP contribution in [0.2, 0.25) is 0 Å². The van der Waals surface area contributed by atoms with Gasteiger partial charge in [0.2, 0.25) is 0 Å². The predicted octanol–water partition coefficient (Wildman–Crippen LogP) is 1.86. The van der Waals surface area contributed by atoms with E-state index in [1.807, 2.05) is 0 Å². The van der Waals surface area contributed by atoms with Crippen molar-refractivity contribution in [1.29, 1.82) is 0 Å². The van der Waals surface area contributed by atoms with Gasteiger partial charge in [0.25, 0.3) is 11.8 Å². The molecule has 0 saturated heterocycles. The molecule has 1 aliphatic rings. The van der Waals surface area contributed by atoms with Gasteiger partial charge >= 0.3 is 5.97 Å². The molecule has 0 bridgehead atoms. The molecule has 4 rings (SSSR count). The number of aromatic nitrogens is 2. The van der Waals surface area contributed by atoms with Gasteiger partial charge in [-0.25, -0.2) is 4.79 Å². The zero-order chi connectivity index (χ0) is 16.7. The standard InChI is InChI=1S/C17H11N3O4/c21-15(7-10-8-19-14-9-18-6-5-11(10)14)24-20-16(22)12-3-1-2-4-13(12)17(20)23/h1-6,8-9,19H,7H2. The Balaban J connectivity index is 1.53. The van der Waals surface area contributed by atoms with E-state index in [4.69, 9.17) is 4.84 Å². The number of nitrogens with zero attached hydrogens (tertiary/aromatic N) is 2. The van der Waals surface area contributed by atoms with E-state index in [0.29, 0.717) is 10.6 Å². The minimum atomic E-state index is -0.692. The second-order valence-corrected chi connectivity index (χ2v) is 5.33. The molecule has 1 aliphatic heterocycles. The SMILES string of the molecule is O=C(Cc1c[nH]c2cnccc12)ON1C(=O)c2ccccc2C1=O. The topological polar surface area (TPSA) is 92.4 Å². The molecule has 1 N–H and O–H groups in total. The third-order valence-electron chi connectivity index (χ3n) is 3.85. The van der Waals surface area contributed by atoms with E-state index < -0.39 is 17.8 Å². The number of carbonyl (C=O) groups is 3. The second-order valence-electron chi connectivity index (χ2n) is 5.33. The molecule has 1 aromatic carbocycles. The first-order valence-corrected chi connectivity index (χ1v) is 7.24. The minimum Gasteiger partial charge on any atom is -0.360 e. The summed E-state index contributed by atoms with van der Waals surface area (Å²) in [5, 5.41) is 1.35. The fourth-order valence-electron chi connectivity index (χ4n) is 2.72. The number of hydrogen-bond donors (Lipinski definition) is 1. The van der Waals surface area contributed by atoms with Gasteiger partial charge in [-0.1, -0.05) is 17.2 Å². The highest BCUT2D eigenvalue weighted by molar-refractivity contribution is 6.20. The molecule has 0 unspecified atom stereocenters. The summed E-state index contributed by atoms with van der Waals surface area (Å²) < 4.78 is 0. The maximum Gasteiger partial charge on any atom is 0.337 e. The van der Waals surface area contributed by atoms with Crippen molar-refractivity contribution in [2.45, 2.75) is 6.42 Å². The van der Waals surface area contributed by atoms with Gasteiger partial charge in [0.05, 0.1) is 29.3 Å². The number of imide groups is 1. The summed E-state index contributed by atoms with van der Waals surface area (Å²) in [5.41, 5.74) is 1.96. The predicted molar refractivity (Wildman–Crippen MR) is 82.8 cm³/mol. The van der Waals surface area contributed by atoms with Crippen LogP contribution < -0.4 is 0 Å². The number of nitrogens with one attached hydrogen (secondary N) is 1. The number of H-pyrrole nitrogens is 1. The highest BCUT2D eigenvalue weighted by Gasteiger charge is 2.38. The minimum absolute atomic E-state index is 0.0720. The monoisotopic (exact) mass is 321 g/mol. The number of pyridine rings is 1. The molecule has 3 heterocycles. The molecule has 0 fully saturated rings. The smallest absolute Gasteiger partial charge is 0.337 e. The van der Waals surface area contributed by atoms with E-state index in [0.717, 1.165) is 10.9 Å². The van der Waals surface area contributed by atoms with Crippen LogP contribution in [0, 0.1) is 0 Å². The van der Waals surface area contributed by atoms with Crippen molar-refractivity contribution in [3.8, 4) is 0 Å². The van der Waals surface area contributed by atoms with Gasteiger partial charge in [-0.3, -0.25) is 14.6 Å². The maximum atomic E-state index is 12.2. The third kappa shape index (κ3) is 2.14. The Labute approximate surface area is 135 Å². The number of carbonyl (C=O) groups excluding carboxylic acids is 3. The quantitative estimate of drug-likeness (QED) is 0.743. The van der Waals surface area contributed by atoms with Gasteiger partial charge in [-0.15, -0.1) is 0 Å². The molecule has 0 saturated carbocycles. The van der Waals surface area contributed by atoms with Gasteiger partial charge < -0.3 is 9.82 Å². The molecule has 0 radical (unpaired) electrons. The molecular formula is C17H11N3O4. The van der Waals surface area contributed by atoms with Crippen LogP contribution in [-0.2, 0) is 16.1 Å². The van der Waals surface area contributed by atoms with Crippen molar-refractivity contribution in [2.24, 2.45) is 0 Å². The number of benzene rings is 1. The zero-order valence-corrected chi connectivity index (χ0v) is 12.4. The van der Waals surface area contributed by atoms with Gasteiger partial charge in [0.1, 0.15) is 0 Å². The summed E-state index contributed by atoms with van der Waals surface area (Å²) in [4.78, 5) is 48.5. The number of hydroxylamine groups is 2. The number of aromatic amines is 1.